The van der Waals surface area contributed by atoms with Crippen molar-refractivity contribution >= 4 is 33.7 Å². The van der Waals surface area contributed by atoms with Gasteiger partial charge in [-0.15, -0.1) is 0 Å². The number of phenolic OH excluding ortho intramolecular Hbond substituents is 1. The number of hydrogen-bond acceptors (Lipinski definition) is 4. The molecule has 3 aromatic carbocycles. The average Bonchev–Trinajstić information content (AvgIpc) is 3.18. The standard InChI is InChI=1S/C28H28ClNO3/c1-4-25(21-9-14-26-22(17-21)18-27(29)33-26)28(19-5-10-23(31)11-6-19)20-7-12-24(13-8-20)32-16-15-30(2)3/h5-14,17-18,31H,4,15-16H2,1-3H3/b28-25-. The maximum absolute atomic E-state index is 9.84. The lowest BCUT2D eigenvalue weighted by molar-refractivity contribution is 0.261. The van der Waals surface area contributed by atoms with Gasteiger partial charge in [0.25, 0.3) is 0 Å². The molecule has 5 heteroatoms. The fraction of sp³-hybridized carbons (Fsp3) is 0.214. The highest BCUT2D eigenvalue weighted by molar-refractivity contribution is 6.29. The van der Waals surface area contributed by atoms with Gasteiger partial charge in [-0.05, 0) is 96.4 Å². The third kappa shape index (κ3) is 5.41. The number of aromatic hydroxyl groups is 1. The first-order chi connectivity index (χ1) is 15.9. The van der Waals surface area contributed by atoms with E-state index in [9.17, 15) is 5.11 Å². The van der Waals surface area contributed by atoms with Gasteiger partial charge in [0.1, 0.15) is 23.7 Å². The molecule has 0 fully saturated rings. The molecule has 0 radical (unpaired) electrons. The number of benzene rings is 3. The number of rotatable bonds is 8. The van der Waals surface area contributed by atoms with E-state index in [4.69, 9.17) is 20.8 Å². The van der Waals surface area contributed by atoms with Gasteiger partial charge >= 0.3 is 0 Å². The first kappa shape index (κ1) is 23.0. The molecule has 0 amide bonds. The molecule has 1 aromatic heterocycles. The number of furan rings is 1. The molecule has 0 bridgehead atoms. The molecule has 0 saturated heterocycles. The van der Waals surface area contributed by atoms with Crippen LogP contribution in [-0.4, -0.2) is 37.3 Å². The normalized spacial score (nSPS) is 12.3. The quantitative estimate of drug-likeness (QED) is 0.284. The number of ether oxygens (including phenoxy) is 1. The Morgan fingerprint density at radius 2 is 1.55 bits per heavy atom. The van der Waals surface area contributed by atoms with E-state index in [1.807, 2.05) is 50.5 Å². The van der Waals surface area contributed by atoms with E-state index in [0.29, 0.717) is 11.8 Å². The Morgan fingerprint density at radius 3 is 2.18 bits per heavy atom. The summed E-state index contributed by atoms with van der Waals surface area (Å²) in [7, 11) is 4.06. The van der Waals surface area contributed by atoms with E-state index in [1.165, 1.54) is 5.57 Å². The van der Waals surface area contributed by atoms with Crippen LogP contribution < -0.4 is 4.74 Å². The molecule has 1 N–H and O–H groups in total. The van der Waals surface area contributed by atoms with Gasteiger partial charge in [0.2, 0.25) is 0 Å². The van der Waals surface area contributed by atoms with Gasteiger partial charge in [0, 0.05) is 18.0 Å². The second-order valence-electron chi connectivity index (χ2n) is 8.23. The van der Waals surface area contributed by atoms with Crippen LogP contribution in [0.5, 0.6) is 11.5 Å². The summed E-state index contributed by atoms with van der Waals surface area (Å²) in [4.78, 5) is 2.09. The van der Waals surface area contributed by atoms with Crippen molar-refractivity contribution in [1.29, 1.82) is 0 Å². The molecule has 1 heterocycles. The molecular weight excluding hydrogens is 434 g/mol. The Hall–Kier alpha value is -3.21. The van der Waals surface area contributed by atoms with Crippen molar-refractivity contribution in [2.24, 2.45) is 0 Å². The number of fused-ring (bicyclic) bond motifs is 1. The van der Waals surface area contributed by atoms with Crippen molar-refractivity contribution in [3.05, 3.63) is 94.7 Å². The molecule has 0 spiro atoms. The summed E-state index contributed by atoms with van der Waals surface area (Å²) in [6, 6.07) is 23.5. The van der Waals surface area contributed by atoms with Crippen molar-refractivity contribution in [1.82, 2.24) is 4.90 Å². The van der Waals surface area contributed by atoms with E-state index < -0.39 is 0 Å². The summed E-state index contributed by atoms with van der Waals surface area (Å²) in [5.74, 6) is 1.09. The van der Waals surface area contributed by atoms with Gasteiger partial charge in [-0.25, -0.2) is 0 Å². The van der Waals surface area contributed by atoms with E-state index in [-0.39, 0.29) is 5.75 Å². The summed E-state index contributed by atoms with van der Waals surface area (Å²) in [5.41, 5.74) is 6.31. The topological polar surface area (TPSA) is 45.8 Å². The summed E-state index contributed by atoms with van der Waals surface area (Å²) in [5, 5.41) is 11.2. The van der Waals surface area contributed by atoms with Crippen LogP contribution in [0.4, 0.5) is 0 Å². The van der Waals surface area contributed by atoms with Crippen LogP contribution in [0, 0.1) is 0 Å². The fourth-order valence-electron chi connectivity index (χ4n) is 3.93. The van der Waals surface area contributed by atoms with Crippen LogP contribution in [0.3, 0.4) is 0 Å². The minimum absolute atomic E-state index is 0.246. The van der Waals surface area contributed by atoms with Crippen LogP contribution in [-0.2, 0) is 0 Å². The lowest BCUT2D eigenvalue weighted by Gasteiger charge is -2.17. The molecule has 33 heavy (non-hydrogen) atoms. The van der Waals surface area contributed by atoms with E-state index in [0.717, 1.165) is 51.9 Å². The molecule has 0 saturated carbocycles. The average molecular weight is 462 g/mol. The first-order valence-corrected chi connectivity index (χ1v) is 11.4. The molecule has 0 aliphatic rings. The summed E-state index contributed by atoms with van der Waals surface area (Å²) in [6.07, 6.45) is 0.828. The SMILES string of the molecule is CC/C(=C(\c1ccc(O)cc1)c1ccc(OCCN(C)C)cc1)c1ccc2oc(Cl)cc2c1. The number of hydrogen-bond donors (Lipinski definition) is 1. The number of nitrogens with zero attached hydrogens (tertiary/aromatic N) is 1. The molecule has 4 aromatic rings. The Bertz CT molecular complexity index is 1250. The molecule has 0 unspecified atom stereocenters. The Morgan fingerprint density at radius 1 is 0.909 bits per heavy atom. The Balaban J connectivity index is 1.79. The predicted octanol–water partition coefficient (Wildman–Crippen LogP) is 7.10. The summed E-state index contributed by atoms with van der Waals surface area (Å²) < 4.78 is 11.4. The third-order valence-electron chi connectivity index (χ3n) is 5.60. The number of halogens is 1. The van der Waals surface area contributed by atoms with Gasteiger partial charge in [-0.1, -0.05) is 37.3 Å². The molecule has 4 nitrogen and oxygen atoms in total. The van der Waals surface area contributed by atoms with Gasteiger partial charge in [0.15, 0.2) is 5.22 Å². The summed E-state index contributed by atoms with van der Waals surface area (Å²) >= 11 is 6.07. The maximum atomic E-state index is 9.84. The van der Waals surface area contributed by atoms with Crippen LogP contribution in [0.25, 0.3) is 22.1 Å². The molecule has 0 atom stereocenters. The maximum Gasteiger partial charge on any atom is 0.194 e. The smallest absolute Gasteiger partial charge is 0.194 e. The van der Waals surface area contributed by atoms with Crippen LogP contribution in [0.1, 0.15) is 30.0 Å². The van der Waals surface area contributed by atoms with E-state index in [1.54, 1.807) is 12.1 Å². The van der Waals surface area contributed by atoms with E-state index >= 15 is 0 Å². The van der Waals surface area contributed by atoms with Crippen LogP contribution in [0.2, 0.25) is 5.22 Å². The zero-order valence-corrected chi connectivity index (χ0v) is 19.9. The fourth-order valence-corrected chi connectivity index (χ4v) is 4.13. The second-order valence-corrected chi connectivity index (χ2v) is 8.61. The first-order valence-electron chi connectivity index (χ1n) is 11.0. The molecule has 170 valence electrons. The van der Waals surface area contributed by atoms with Crippen molar-refractivity contribution in [3.8, 4) is 11.5 Å². The number of phenols is 1. The molecule has 4 rings (SSSR count). The van der Waals surface area contributed by atoms with Crippen LogP contribution in [0.15, 0.2) is 77.2 Å². The minimum Gasteiger partial charge on any atom is -0.508 e. The summed E-state index contributed by atoms with van der Waals surface area (Å²) in [6.45, 7) is 3.66. The lowest BCUT2D eigenvalue weighted by atomic mass is 9.88. The number of allylic oxidation sites excluding steroid dienone is 1. The van der Waals surface area contributed by atoms with Crippen molar-refractivity contribution in [2.45, 2.75) is 13.3 Å². The van der Waals surface area contributed by atoms with Gasteiger partial charge < -0.3 is 19.2 Å². The van der Waals surface area contributed by atoms with Crippen molar-refractivity contribution in [2.75, 3.05) is 27.2 Å². The Kier molecular flexibility index (Phi) is 7.07. The molecule has 0 aliphatic carbocycles. The lowest BCUT2D eigenvalue weighted by Crippen LogP contribution is -2.19. The number of likely N-dealkylation sites (N-methyl/N-ethyl adjacent to an activating group) is 1. The monoisotopic (exact) mass is 461 g/mol. The highest BCUT2D eigenvalue weighted by atomic mass is 35.5. The zero-order valence-electron chi connectivity index (χ0n) is 19.1. The largest absolute Gasteiger partial charge is 0.508 e. The molecule has 0 aliphatic heterocycles. The zero-order chi connectivity index (χ0) is 23.4. The highest BCUT2D eigenvalue weighted by Gasteiger charge is 2.15. The second kappa shape index (κ2) is 10.2. The van der Waals surface area contributed by atoms with Crippen LogP contribution >= 0.6 is 11.6 Å². The van der Waals surface area contributed by atoms with Gasteiger partial charge in [-0.3, -0.25) is 0 Å². The van der Waals surface area contributed by atoms with Gasteiger partial charge in [-0.2, -0.15) is 0 Å². The Labute approximate surface area is 199 Å². The van der Waals surface area contributed by atoms with Gasteiger partial charge in [0.05, 0.1) is 0 Å². The molecular formula is C28H28ClNO3. The van der Waals surface area contributed by atoms with Crippen molar-refractivity contribution in [3.63, 3.8) is 0 Å². The third-order valence-corrected chi connectivity index (χ3v) is 5.78. The highest BCUT2D eigenvalue weighted by Crippen LogP contribution is 2.37. The van der Waals surface area contributed by atoms with Crippen molar-refractivity contribution < 1.29 is 14.3 Å². The minimum atomic E-state index is 0.246. The van der Waals surface area contributed by atoms with E-state index in [2.05, 4.69) is 36.1 Å². The predicted molar refractivity (Wildman–Crippen MR) is 136 cm³/mol.